The Morgan fingerprint density at radius 1 is 1.33 bits per heavy atom. The molecule has 0 aliphatic heterocycles. The lowest BCUT2D eigenvalue weighted by Crippen LogP contribution is -2.31. The van der Waals surface area contributed by atoms with E-state index in [-0.39, 0.29) is 12.5 Å². The SMILES string of the molecule is CC(C)Cc1cc(C(=O)NC(CO)c2ccccc2)n[nH]1. The summed E-state index contributed by atoms with van der Waals surface area (Å²) in [5, 5.41) is 19.2. The molecule has 1 unspecified atom stereocenters. The molecule has 2 rings (SSSR count). The second-order valence-corrected chi connectivity index (χ2v) is 5.50. The van der Waals surface area contributed by atoms with Crippen molar-refractivity contribution in [3.63, 3.8) is 0 Å². The Morgan fingerprint density at radius 2 is 2.05 bits per heavy atom. The summed E-state index contributed by atoms with van der Waals surface area (Å²) in [5.74, 6) is 0.208. The fourth-order valence-corrected chi connectivity index (χ4v) is 2.17. The van der Waals surface area contributed by atoms with Crippen LogP contribution in [-0.4, -0.2) is 27.8 Å². The van der Waals surface area contributed by atoms with E-state index in [2.05, 4.69) is 29.4 Å². The molecule has 0 spiro atoms. The van der Waals surface area contributed by atoms with E-state index in [1.165, 1.54) is 0 Å². The quantitative estimate of drug-likeness (QED) is 0.761. The Labute approximate surface area is 124 Å². The topological polar surface area (TPSA) is 78.0 Å². The van der Waals surface area contributed by atoms with Gasteiger partial charge in [0, 0.05) is 5.69 Å². The molecule has 0 fully saturated rings. The van der Waals surface area contributed by atoms with Gasteiger partial charge >= 0.3 is 0 Å². The molecule has 1 atom stereocenters. The molecule has 0 bridgehead atoms. The molecule has 0 saturated heterocycles. The summed E-state index contributed by atoms with van der Waals surface area (Å²) in [5.41, 5.74) is 2.15. The van der Waals surface area contributed by atoms with Gasteiger partial charge in [-0.25, -0.2) is 0 Å². The van der Waals surface area contributed by atoms with Crippen LogP contribution in [0, 0.1) is 5.92 Å². The maximum absolute atomic E-state index is 12.2. The van der Waals surface area contributed by atoms with E-state index >= 15 is 0 Å². The summed E-state index contributed by atoms with van der Waals surface area (Å²) in [6, 6.07) is 10.7. The number of hydrogen-bond acceptors (Lipinski definition) is 3. The van der Waals surface area contributed by atoms with E-state index in [4.69, 9.17) is 0 Å². The molecule has 1 heterocycles. The maximum atomic E-state index is 12.2. The number of rotatable bonds is 6. The van der Waals surface area contributed by atoms with E-state index in [1.54, 1.807) is 6.07 Å². The van der Waals surface area contributed by atoms with Crippen LogP contribution < -0.4 is 5.32 Å². The number of aromatic amines is 1. The van der Waals surface area contributed by atoms with Crippen molar-refractivity contribution in [1.82, 2.24) is 15.5 Å². The van der Waals surface area contributed by atoms with E-state index in [1.807, 2.05) is 30.3 Å². The molecule has 0 aliphatic carbocycles. The van der Waals surface area contributed by atoms with Crippen molar-refractivity contribution in [1.29, 1.82) is 0 Å². The minimum Gasteiger partial charge on any atom is -0.394 e. The Bertz CT molecular complexity index is 578. The first-order chi connectivity index (χ1) is 10.1. The van der Waals surface area contributed by atoms with E-state index in [9.17, 15) is 9.90 Å². The van der Waals surface area contributed by atoms with Gasteiger partial charge in [-0.05, 0) is 24.0 Å². The first-order valence-electron chi connectivity index (χ1n) is 7.11. The van der Waals surface area contributed by atoms with Crippen LogP contribution in [0.15, 0.2) is 36.4 Å². The molecule has 1 aromatic heterocycles. The lowest BCUT2D eigenvalue weighted by atomic mass is 10.1. The predicted molar refractivity (Wildman–Crippen MR) is 80.9 cm³/mol. The van der Waals surface area contributed by atoms with Crippen LogP contribution in [0.25, 0.3) is 0 Å². The molecule has 112 valence electrons. The van der Waals surface area contributed by atoms with Crippen molar-refractivity contribution in [2.45, 2.75) is 26.3 Å². The number of aromatic nitrogens is 2. The van der Waals surface area contributed by atoms with Crippen LogP contribution in [0.1, 0.15) is 41.6 Å². The fraction of sp³-hybridized carbons (Fsp3) is 0.375. The van der Waals surface area contributed by atoms with Gasteiger partial charge < -0.3 is 10.4 Å². The van der Waals surface area contributed by atoms with Gasteiger partial charge in [0.1, 0.15) is 5.69 Å². The Morgan fingerprint density at radius 3 is 2.67 bits per heavy atom. The minimum atomic E-state index is -0.427. The molecular formula is C16H21N3O2. The summed E-state index contributed by atoms with van der Waals surface area (Å²) in [7, 11) is 0. The number of hydrogen-bond donors (Lipinski definition) is 3. The van der Waals surface area contributed by atoms with E-state index in [0.29, 0.717) is 11.6 Å². The van der Waals surface area contributed by atoms with Gasteiger partial charge in [-0.15, -0.1) is 0 Å². The molecule has 0 saturated carbocycles. The van der Waals surface area contributed by atoms with Crippen molar-refractivity contribution >= 4 is 5.91 Å². The third kappa shape index (κ3) is 4.16. The molecular weight excluding hydrogens is 266 g/mol. The molecule has 2 aromatic rings. The van der Waals surface area contributed by atoms with E-state index < -0.39 is 6.04 Å². The Hall–Kier alpha value is -2.14. The number of carbonyl (C=O) groups is 1. The number of aliphatic hydroxyl groups excluding tert-OH is 1. The molecule has 0 aliphatic rings. The largest absolute Gasteiger partial charge is 0.394 e. The Balaban J connectivity index is 2.04. The number of benzene rings is 1. The van der Waals surface area contributed by atoms with Crippen LogP contribution >= 0.6 is 0 Å². The van der Waals surface area contributed by atoms with Gasteiger partial charge in [-0.1, -0.05) is 44.2 Å². The summed E-state index contributed by atoms with van der Waals surface area (Å²) in [4.78, 5) is 12.2. The average Bonchev–Trinajstić information content (AvgIpc) is 2.93. The monoisotopic (exact) mass is 287 g/mol. The van der Waals surface area contributed by atoms with Crippen LogP contribution in [0.2, 0.25) is 0 Å². The molecule has 1 amide bonds. The average molecular weight is 287 g/mol. The highest BCUT2D eigenvalue weighted by atomic mass is 16.3. The summed E-state index contributed by atoms with van der Waals surface area (Å²) in [6.07, 6.45) is 0.850. The van der Waals surface area contributed by atoms with Gasteiger partial charge in [-0.2, -0.15) is 5.10 Å². The highest BCUT2D eigenvalue weighted by Crippen LogP contribution is 2.13. The third-order valence-corrected chi connectivity index (χ3v) is 3.18. The molecule has 3 N–H and O–H groups in total. The zero-order valence-electron chi connectivity index (χ0n) is 12.3. The zero-order chi connectivity index (χ0) is 15.2. The molecule has 21 heavy (non-hydrogen) atoms. The second kappa shape index (κ2) is 7.04. The normalized spacial score (nSPS) is 12.4. The first kappa shape index (κ1) is 15.3. The van der Waals surface area contributed by atoms with Gasteiger partial charge in [0.25, 0.3) is 5.91 Å². The number of H-pyrrole nitrogens is 1. The van der Waals surface area contributed by atoms with Crippen molar-refractivity contribution in [3.05, 3.63) is 53.3 Å². The van der Waals surface area contributed by atoms with Gasteiger partial charge in [0.05, 0.1) is 12.6 Å². The fourth-order valence-electron chi connectivity index (χ4n) is 2.17. The molecule has 1 aromatic carbocycles. The smallest absolute Gasteiger partial charge is 0.272 e. The van der Waals surface area contributed by atoms with Gasteiger partial charge in [-0.3, -0.25) is 9.89 Å². The number of nitrogens with one attached hydrogen (secondary N) is 2. The number of amides is 1. The number of aliphatic hydroxyl groups is 1. The van der Waals surface area contributed by atoms with Gasteiger partial charge in [0.2, 0.25) is 0 Å². The van der Waals surface area contributed by atoms with Gasteiger partial charge in [0.15, 0.2) is 0 Å². The van der Waals surface area contributed by atoms with Crippen LogP contribution in [0.4, 0.5) is 0 Å². The number of carbonyl (C=O) groups excluding carboxylic acids is 1. The van der Waals surface area contributed by atoms with Crippen LogP contribution in [0.3, 0.4) is 0 Å². The van der Waals surface area contributed by atoms with Crippen molar-refractivity contribution in [2.75, 3.05) is 6.61 Å². The third-order valence-electron chi connectivity index (χ3n) is 3.18. The summed E-state index contributed by atoms with van der Waals surface area (Å²) >= 11 is 0. The predicted octanol–water partition coefficient (Wildman–Crippen LogP) is 2.07. The van der Waals surface area contributed by atoms with Crippen molar-refractivity contribution < 1.29 is 9.90 Å². The summed E-state index contributed by atoms with van der Waals surface area (Å²) < 4.78 is 0. The lowest BCUT2D eigenvalue weighted by molar-refractivity contribution is 0.0911. The highest BCUT2D eigenvalue weighted by molar-refractivity contribution is 5.92. The molecule has 5 heteroatoms. The van der Waals surface area contributed by atoms with E-state index in [0.717, 1.165) is 17.7 Å². The van der Waals surface area contributed by atoms with Crippen LogP contribution in [0.5, 0.6) is 0 Å². The van der Waals surface area contributed by atoms with Crippen LogP contribution in [-0.2, 0) is 6.42 Å². The first-order valence-corrected chi connectivity index (χ1v) is 7.11. The zero-order valence-corrected chi connectivity index (χ0v) is 12.3. The second-order valence-electron chi connectivity index (χ2n) is 5.50. The molecule has 5 nitrogen and oxygen atoms in total. The highest BCUT2D eigenvalue weighted by Gasteiger charge is 2.17. The Kier molecular flexibility index (Phi) is 5.11. The molecule has 0 radical (unpaired) electrons. The number of nitrogens with zero attached hydrogens (tertiary/aromatic N) is 1. The minimum absolute atomic E-state index is 0.154. The summed E-state index contributed by atoms with van der Waals surface area (Å²) in [6.45, 7) is 4.06. The maximum Gasteiger partial charge on any atom is 0.272 e. The van der Waals surface area contributed by atoms with Crippen molar-refractivity contribution in [3.8, 4) is 0 Å². The lowest BCUT2D eigenvalue weighted by Gasteiger charge is -2.15. The standard InChI is InChI=1S/C16H21N3O2/c1-11(2)8-13-9-14(19-18-13)16(21)17-15(10-20)12-6-4-3-5-7-12/h3-7,9,11,15,20H,8,10H2,1-2H3,(H,17,21)(H,18,19). The van der Waals surface area contributed by atoms with Crippen molar-refractivity contribution in [2.24, 2.45) is 5.92 Å².